The summed E-state index contributed by atoms with van der Waals surface area (Å²) in [6, 6.07) is 5.17. The Hall–Kier alpha value is -2.77. The van der Waals surface area contributed by atoms with Crippen LogP contribution in [0.3, 0.4) is 0 Å². The zero-order valence-corrected chi connectivity index (χ0v) is 16.2. The Morgan fingerprint density at radius 1 is 1.19 bits per heavy atom. The number of nitrogens with zero attached hydrogens (tertiary/aromatic N) is 3. The largest absolute Gasteiger partial charge is 0.493 e. The third kappa shape index (κ3) is 4.32. The predicted octanol–water partition coefficient (Wildman–Crippen LogP) is 3.62. The van der Waals surface area contributed by atoms with Crippen molar-refractivity contribution in [3.05, 3.63) is 30.0 Å². The molecule has 0 saturated carbocycles. The molecule has 8 nitrogen and oxygen atoms in total. The van der Waals surface area contributed by atoms with Gasteiger partial charge in [-0.25, -0.2) is 4.79 Å². The van der Waals surface area contributed by atoms with Gasteiger partial charge in [-0.15, -0.1) is 10.2 Å². The Balaban J connectivity index is 1.56. The van der Waals surface area contributed by atoms with Gasteiger partial charge in [-0.2, -0.15) is 0 Å². The van der Waals surface area contributed by atoms with Crippen LogP contribution >= 0.6 is 0 Å². The summed E-state index contributed by atoms with van der Waals surface area (Å²) in [7, 11) is 3.14. The molecule has 1 fully saturated rings. The standard InChI is InChI=1S/C19H26N4O4/c1-12(2)17-21-22-18(27-17)13-7-9-23(10-8-13)19(24)20-14-5-6-15(25-3)16(11-14)26-4/h5-6,11-13H,7-10H2,1-4H3,(H,20,24). The van der Waals surface area contributed by atoms with Gasteiger partial charge in [-0.1, -0.05) is 13.8 Å². The number of aromatic nitrogens is 2. The number of anilines is 1. The van der Waals surface area contributed by atoms with Crippen LogP contribution in [0.25, 0.3) is 0 Å². The Labute approximate surface area is 158 Å². The molecule has 1 saturated heterocycles. The molecule has 0 atom stereocenters. The molecule has 0 spiro atoms. The second kappa shape index (κ2) is 8.28. The molecule has 2 aromatic rings. The summed E-state index contributed by atoms with van der Waals surface area (Å²) in [5.74, 6) is 2.97. The van der Waals surface area contributed by atoms with Crippen molar-refractivity contribution in [1.82, 2.24) is 15.1 Å². The minimum absolute atomic E-state index is 0.130. The normalized spacial score (nSPS) is 15.1. The lowest BCUT2D eigenvalue weighted by Crippen LogP contribution is -2.40. The maximum Gasteiger partial charge on any atom is 0.321 e. The van der Waals surface area contributed by atoms with Gasteiger partial charge < -0.3 is 24.1 Å². The molecule has 0 bridgehead atoms. The monoisotopic (exact) mass is 374 g/mol. The molecule has 3 rings (SSSR count). The van der Waals surface area contributed by atoms with E-state index in [1.807, 2.05) is 13.8 Å². The number of carbonyl (C=O) groups is 1. The number of hydrogen-bond acceptors (Lipinski definition) is 6. The van der Waals surface area contributed by atoms with Crippen molar-refractivity contribution < 1.29 is 18.7 Å². The fourth-order valence-electron chi connectivity index (χ4n) is 3.09. The number of amides is 2. The van der Waals surface area contributed by atoms with E-state index in [4.69, 9.17) is 13.9 Å². The lowest BCUT2D eigenvalue weighted by Gasteiger charge is -2.30. The number of rotatable bonds is 5. The number of piperidine rings is 1. The lowest BCUT2D eigenvalue weighted by atomic mass is 9.97. The van der Waals surface area contributed by atoms with Gasteiger partial charge in [0, 0.05) is 36.7 Å². The molecular weight excluding hydrogens is 348 g/mol. The average molecular weight is 374 g/mol. The SMILES string of the molecule is COc1ccc(NC(=O)N2CCC(c3nnc(C(C)C)o3)CC2)cc1OC. The third-order valence-electron chi connectivity index (χ3n) is 4.72. The van der Waals surface area contributed by atoms with Crippen LogP contribution < -0.4 is 14.8 Å². The molecule has 0 radical (unpaired) electrons. The van der Waals surface area contributed by atoms with Crippen molar-refractivity contribution in [3.8, 4) is 11.5 Å². The highest BCUT2D eigenvalue weighted by Crippen LogP contribution is 2.31. The summed E-state index contributed by atoms with van der Waals surface area (Å²) in [6.07, 6.45) is 1.61. The van der Waals surface area contributed by atoms with E-state index < -0.39 is 0 Å². The van der Waals surface area contributed by atoms with Gasteiger partial charge in [0.1, 0.15) is 0 Å². The first kappa shape index (κ1) is 19.0. The quantitative estimate of drug-likeness (QED) is 0.860. The molecular formula is C19H26N4O4. The number of methoxy groups -OCH3 is 2. The Morgan fingerprint density at radius 3 is 2.48 bits per heavy atom. The van der Waals surface area contributed by atoms with Gasteiger partial charge in [0.25, 0.3) is 0 Å². The molecule has 0 aliphatic carbocycles. The fraction of sp³-hybridized carbons (Fsp3) is 0.526. The highest BCUT2D eigenvalue weighted by molar-refractivity contribution is 5.89. The molecule has 146 valence electrons. The van der Waals surface area contributed by atoms with Crippen molar-refractivity contribution in [1.29, 1.82) is 0 Å². The zero-order chi connectivity index (χ0) is 19.4. The minimum Gasteiger partial charge on any atom is -0.493 e. The number of likely N-dealkylation sites (tertiary alicyclic amines) is 1. The fourth-order valence-corrected chi connectivity index (χ4v) is 3.09. The van der Waals surface area contributed by atoms with Crippen LogP contribution in [0.5, 0.6) is 11.5 Å². The minimum atomic E-state index is -0.130. The van der Waals surface area contributed by atoms with Crippen molar-refractivity contribution >= 4 is 11.7 Å². The molecule has 0 unspecified atom stereocenters. The average Bonchev–Trinajstić information content (AvgIpc) is 3.18. The number of nitrogens with one attached hydrogen (secondary N) is 1. The molecule has 1 N–H and O–H groups in total. The first-order chi connectivity index (χ1) is 13.0. The number of ether oxygens (including phenoxy) is 2. The van der Waals surface area contributed by atoms with Crippen LogP contribution in [-0.2, 0) is 0 Å². The van der Waals surface area contributed by atoms with Crippen molar-refractivity contribution in [2.24, 2.45) is 0 Å². The first-order valence-electron chi connectivity index (χ1n) is 9.13. The van der Waals surface area contributed by atoms with Gasteiger partial charge in [0.05, 0.1) is 14.2 Å². The topological polar surface area (TPSA) is 89.7 Å². The number of benzene rings is 1. The van der Waals surface area contributed by atoms with Crippen molar-refractivity contribution in [2.45, 2.75) is 38.5 Å². The summed E-state index contributed by atoms with van der Waals surface area (Å²) in [4.78, 5) is 14.3. The van der Waals surface area contributed by atoms with Crippen LogP contribution in [0.2, 0.25) is 0 Å². The van der Waals surface area contributed by atoms with E-state index >= 15 is 0 Å². The maximum absolute atomic E-state index is 12.5. The van der Waals surface area contributed by atoms with E-state index in [0.29, 0.717) is 42.1 Å². The Morgan fingerprint density at radius 2 is 1.89 bits per heavy atom. The highest BCUT2D eigenvalue weighted by atomic mass is 16.5. The number of hydrogen-bond donors (Lipinski definition) is 1. The van der Waals surface area contributed by atoms with Gasteiger partial charge in [-0.05, 0) is 25.0 Å². The van der Waals surface area contributed by atoms with Gasteiger partial charge in [-0.3, -0.25) is 0 Å². The zero-order valence-electron chi connectivity index (χ0n) is 16.2. The molecule has 2 heterocycles. The van der Waals surface area contributed by atoms with Crippen LogP contribution in [0.1, 0.15) is 50.3 Å². The van der Waals surface area contributed by atoms with Crippen molar-refractivity contribution in [3.63, 3.8) is 0 Å². The second-order valence-electron chi connectivity index (χ2n) is 6.89. The van der Waals surface area contributed by atoms with Gasteiger partial charge in [0.2, 0.25) is 11.8 Å². The highest BCUT2D eigenvalue weighted by Gasteiger charge is 2.27. The second-order valence-corrected chi connectivity index (χ2v) is 6.89. The smallest absolute Gasteiger partial charge is 0.321 e. The van der Waals surface area contributed by atoms with E-state index in [1.54, 1.807) is 37.3 Å². The lowest BCUT2D eigenvalue weighted by molar-refractivity contribution is 0.189. The third-order valence-corrected chi connectivity index (χ3v) is 4.72. The van der Waals surface area contributed by atoms with Crippen LogP contribution in [0, 0.1) is 0 Å². The summed E-state index contributed by atoms with van der Waals surface area (Å²) in [6.45, 7) is 5.34. The van der Waals surface area contributed by atoms with E-state index in [1.165, 1.54) is 0 Å². The Bertz CT molecular complexity index is 782. The molecule has 27 heavy (non-hydrogen) atoms. The number of carbonyl (C=O) groups excluding carboxylic acids is 1. The Kier molecular flexibility index (Phi) is 5.83. The van der Waals surface area contributed by atoms with E-state index in [9.17, 15) is 4.79 Å². The summed E-state index contributed by atoms with van der Waals surface area (Å²) in [5.41, 5.74) is 0.665. The molecule has 1 aliphatic rings. The van der Waals surface area contributed by atoms with Gasteiger partial charge >= 0.3 is 6.03 Å². The molecule has 1 aromatic heterocycles. The first-order valence-corrected chi connectivity index (χ1v) is 9.13. The van der Waals surface area contributed by atoms with Gasteiger partial charge in [0.15, 0.2) is 11.5 Å². The van der Waals surface area contributed by atoms with Crippen LogP contribution in [0.15, 0.2) is 22.6 Å². The summed E-state index contributed by atoms with van der Waals surface area (Å²) in [5, 5.41) is 11.2. The summed E-state index contributed by atoms with van der Waals surface area (Å²) >= 11 is 0. The molecule has 8 heteroatoms. The molecule has 1 aliphatic heterocycles. The molecule has 1 aromatic carbocycles. The van der Waals surface area contributed by atoms with Crippen LogP contribution in [-0.4, -0.2) is 48.4 Å². The van der Waals surface area contributed by atoms with E-state index in [0.717, 1.165) is 12.8 Å². The number of urea groups is 1. The summed E-state index contributed by atoms with van der Waals surface area (Å²) < 4.78 is 16.2. The molecule has 2 amide bonds. The predicted molar refractivity (Wildman–Crippen MR) is 100 cm³/mol. The van der Waals surface area contributed by atoms with E-state index in [-0.39, 0.29) is 17.9 Å². The van der Waals surface area contributed by atoms with Crippen LogP contribution in [0.4, 0.5) is 10.5 Å². The van der Waals surface area contributed by atoms with Crippen molar-refractivity contribution in [2.75, 3.05) is 32.6 Å². The maximum atomic E-state index is 12.5. The van der Waals surface area contributed by atoms with E-state index in [2.05, 4.69) is 15.5 Å².